The Kier molecular flexibility index (Phi) is 5.74. The van der Waals surface area contributed by atoms with Crippen LogP contribution < -0.4 is 5.30 Å². The molecule has 2 aromatic carbocycles. The highest BCUT2D eigenvalue weighted by molar-refractivity contribution is 7.87. The number of benzene rings is 2. The Hall–Kier alpha value is -2.19. The molecule has 0 bridgehead atoms. The standard InChI is InChI=1S/C19H21O4P/c1-14-8-7-9-15(2)18(14)19(21)24(22,13-12-17(20)23-3)16-10-5-4-6-11-16/h4-11H,12-13H2,1-3H3. The maximum absolute atomic E-state index is 13.7. The minimum Gasteiger partial charge on any atom is -0.469 e. The highest BCUT2D eigenvalue weighted by Gasteiger charge is 2.36. The van der Waals surface area contributed by atoms with Gasteiger partial charge in [-0.25, -0.2) is 0 Å². The second-order valence-electron chi connectivity index (χ2n) is 5.70. The van der Waals surface area contributed by atoms with E-state index in [1.54, 1.807) is 30.3 Å². The molecule has 0 radical (unpaired) electrons. The van der Waals surface area contributed by atoms with E-state index < -0.39 is 18.6 Å². The quantitative estimate of drug-likeness (QED) is 0.592. The molecule has 0 saturated carbocycles. The Bertz CT molecular complexity index is 776. The maximum atomic E-state index is 13.7. The minimum atomic E-state index is -3.45. The van der Waals surface area contributed by atoms with Crippen molar-refractivity contribution in [1.82, 2.24) is 0 Å². The van der Waals surface area contributed by atoms with E-state index in [4.69, 9.17) is 0 Å². The van der Waals surface area contributed by atoms with E-state index in [1.165, 1.54) is 7.11 Å². The smallest absolute Gasteiger partial charge is 0.305 e. The first-order valence-corrected chi connectivity index (χ1v) is 9.62. The number of hydrogen-bond acceptors (Lipinski definition) is 4. The fraction of sp³-hybridized carbons (Fsp3) is 0.263. The zero-order valence-electron chi connectivity index (χ0n) is 14.1. The molecule has 1 unspecified atom stereocenters. The van der Waals surface area contributed by atoms with Crippen molar-refractivity contribution in [2.75, 3.05) is 13.3 Å². The van der Waals surface area contributed by atoms with E-state index >= 15 is 0 Å². The zero-order valence-corrected chi connectivity index (χ0v) is 15.0. The third kappa shape index (κ3) is 3.65. The van der Waals surface area contributed by atoms with E-state index in [1.807, 2.05) is 32.0 Å². The number of ether oxygens (including phenoxy) is 1. The van der Waals surface area contributed by atoms with Gasteiger partial charge in [-0.15, -0.1) is 0 Å². The van der Waals surface area contributed by atoms with Crippen LogP contribution in [0.25, 0.3) is 0 Å². The lowest BCUT2D eigenvalue weighted by atomic mass is 10.0. The number of hydrogen-bond donors (Lipinski definition) is 0. The molecule has 0 spiro atoms. The van der Waals surface area contributed by atoms with Crippen molar-refractivity contribution in [2.45, 2.75) is 20.3 Å². The van der Waals surface area contributed by atoms with Gasteiger partial charge >= 0.3 is 5.97 Å². The Labute approximate surface area is 142 Å². The van der Waals surface area contributed by atoms with Crippen LogP contribution in [0.1, 0.15) is 27.9 Å². The number of rotatable bonds is 6. The van der Waals surface area contributed by atoms with Crippen LogP contribution in [0.3, 0.4) is 0 Å². The lowest BCUT2D eigenvalue weighted by Gasteiger charge is -2.19. The first-order chi connectivity index (χ1) is 11.4. The summed E-state index contributed by atoms with van der Waals surface area (Å²) >= 11 is 0. The molecule has 0 saturated heterocycles. The zero-order chi connectivity index (χ0) is 17.7. The van der Waals surface area contributed by atoms with Gasteiger partial charge in [-0.3, -0.25) is 9.59 Å². The van der Waals surface area contributed by atoms with Gasteiger partial charge in [0.2, 0.25) is 5.52 Å². The first-order valence-electron chi connectivity index (χ1n) is 7.72. The molecule has 0 aliphatic heterocycles. The van der Waals surface area contributed by atoms with Crippen molar-refractivity contribution in [3.8, 4) is 0 Å². The van der Waals surface area contributed by atoms with Gasteiger partial charge in [-0.2, -0.15) is 0 Å². The highest BCUT2D eigenvalue weighted by atomic mass is 31.2. The molecule has 0 N–H and O–H groups in total. The van der Waals surface area contributed by atoms with Gasteiger partial charge in [-0.05, 0) is 25.0 Å². The van der Waals surface area contributed by atoms with Crippen molar-refractivity contribution in [1.29, 1.82) is 0 Å². The van der Waals surface area contributed by atoms with Crippen LogP contribution in [0, 0.1) is 13.8 Å². The predicted molar refractivity (Wildman–Crippen MR) is 95.4 cm³/mol. The summed E-state index contributed by atoms with van der Waals surface area (Å²) in [7, 11) is -2.16. The Balaban J connectivity index is 2.52. The molecule has 4 nitrogen and oxygen atoms in total. The molecule has 24 heavy (non-hydrogen) atoms. The van der Waals surface area contributed by atoms with Crippen LogP contribution in [-0.2, 0) is 14.1 Å². The average molecular weight is 344 g/mol. The van der Waals surface area contributed by atoms with Crippen LogP contribution in [0.4, 0.5) is 0 Å². The van der Waals surface area contributed by atoms with Crippen molar-refractivity contribution < 1.29 is 18.9 Å². The monoisotopic (exact) mass is 344 g/mol. The van der Waals surface area contributed by atoms with Gasteiger partial charge in [0.1, 0.15) is 0 Å². The van der Waals surface area contributed by atoms with Crippen molar-refractivity contribution >= 4 is 23.9 Å². The molecule has 0 heterocycles. The summed E-state index contributed by atoms with van der Waals surface area (Å²) in [6.45, 7) is 3.66. The number of methoxy groups -OCH3 is 1. The van der Waals surface area contributed by atoms with E-state index in [0.29, 0.717) is 10.9 Å². The van der Waals surface area contributed by atoms with Crippen LogP contribution in [0.5, 0.6) is 0 Å². The summed E-state index contributed by atoms with van der Waals surface area (Å²) in [5.74, 6) is -0.472. The second kappa shape index (κ2) is 7.59. The Morgan fingerprint density at radius 3 is 2.08 bits per heavy atom. The average Bonchev–Trinajstić information content (AvgIpc) is 2.59. The largest absolute Gasteiger partial charge is 0.469 e. The van der Waals surface area contributed by atoms with Gasteiger partial charge in [0.15, 0.2) is 7.14 Å². The Morgan fingerprint density at radius 2 is 1.54 bits per heavy atom. The first kappa shape index (κ1) is 18.2. The fourth-order valence-corrected chi connectivity index (χ4v) is 5.26. The number of carbonyl (C=O) groups is 2. The third-order valence-corrected chi connectivity index (χ3v) is 6.92. The van der Waals surface area contributed by atoms with Gasteiger partial charge in [0, 0.05) is 17.0 Å². The minimum absolute atomic E-state index is 0.0315. The van der Waals surface area contributed by atoms with Crippen LogP contribution >= 0.6 is 7.14 Å². The molecular formula is C19H21O4P. The molecule has 0 amide bonds. The van der Waals surface area contributed by atoms with E-state index in [9.17, 15) is 14.2 Å². The summed E-state index contributed by atoms with van der Waals surface area (Å²) < 4.78 is 18.3. The van der Waals surface area contributed by atoms with E-state index in [2.05, 4.69) is 4.74 Å². The molecule has 126 valence electrons. The van der Waals surface area contributed by atoms with E-state index in [-0.39, 0.29) is 12.6 Å². The maximum Gasteiger partial charge on any atom is 0.305 e. The van der Waals surface area contributed by atoms with Crippen LogP contribution in [0.2, 0.25) is 0 Å². The number of esters is 1. The molecule has 0 fully saturated rings. The molecular weight excluding hydrogens is 323 g/mol. The lowest BCUT2D eigenvalue weighted by molar-refractivity contribution is -0.140. The SMILES string of the molecule is COC(=O)CCP(=O)(C(=O)c1c(C)cccc1C)c1ccccc1. The van der Waals surface area contributed by atoms with Crippen molar-refractivity contribution in [3.63, 3.8) is 0 Å². The summed E-state index contributed by atoms with van der Waals surface area (Å²) in [4.78, 5) is 24.7. The van der Waals surface area contributed by atoms with Gasteiger partial charge in [0.05, 0.1) is 13.5 Å². The van der Waals surface area contributed by atoms with Gasteiger partial charge in [0.25, 0.3) is 0 Å². The number of aryl methyl sites for hydroxylation is 2. The van der Waals surface area contributed by atoms with Gasteiger partial charge < -0.3 is 9.30 Å². The summed E-state index contributed by atoms with van der Waals surface area (Å²) in [5.41, 5.74) is 1.66. The lowest BCUT2D eigenvalue weighted by Crippen LogP contribution is -2.19. The molecule has 1 atom stereocenters. The number of carbonyl (C=O) groups excluding carboxylic acids is 2. The Morgan fingerprint density at radius 1 is 0.958 bits per heavy atom. The van der Waals surface area contributed by atoms with E-state index in [0.717, 1.165) is 11.1 Å². The molecule has 2 rings (SSSR count). The molecule has 0 aromatic heterocycles. The molecule has 0 aliphatic rings. The van der Waals surface area contributed by atoms with Crippen LogP contribution in [-0.4, -0.2) is 24.8 Å². The third-order valence-electron chi connectivity index (χ3n) is 4.05. The highest BCUT2D eigenvalue weighted by Crippen LogP contribution is 2.49. The van der Waals surface area contributed by atoms with Crippen molar-refractivity contribution in [3.05, 3.63) is 65.2 Å². The topological polar surface area (TPSA) is 60.4 Å². The van der Waals surface area contributed by atoms with Gasteiger partial charge in [-0.1, -0.05) is 48.5 Å². The second-order valence-corrected chi connectivity index (χ2v) is 8.55. The summed E-state index contributed by atoms with van der Waals surface area (Å²) in [6.07, 6.45) is -0.0877. The summed E-state index contributed by atoms with van der Waals surface area (Å²) in [5, 5.41) is 0.474. The van der Waals surface area contributed by atoms with Crippen molar-refractivity contribution in [2.24, 2.45) is 0 Å². The fourth-order valence-electron chi connectivity index (χ4n) is 2.70. The molecule has 5 heteroatoms. The normalized spacial score (nSPS) is 13.1. The predicted octanol–water partition coefficient (Wildman–Crippen LogP) is 3.70. The van der Waals surface area contributed by atoms with Crippen LogP contribution in [0.15, 0.2) is 48.5 Å². The molecule has 0 aliphatic carbocycles. The molecule has 2 aromatic rings. The summed E-state index contributed by atoms with van der Waals surface area (Å²) in [6, 6.07) is 14.2.